The van der Waals surface area contributed by atoms with Crippen molar-refractivity contribution in [3.8, 4) is 0 Å². The van der Waals surface area contributed by atoms with Gasteiger partial charge in [-0.1, -0.05) is 0 Å². The third kappa shape index (κ3) is 8.41. The molecule has 0 aliphatic heterocycles. The third-order valence-corrected chi connectivity index (χ3v) is 9.43. The van der Waals surface area contributed by atoms with E-state index in [-0.39, 0.29) is 23.7 Å². The molecule has 0 atom stereocenters. The van der Waals surface area contributed by atoms with Gasteiger partial charge in [-0.05, 0) is 0 Å². The van der Waals surface area contributed by atoms with Gasteiger partial charge >= 0.3 is 138 Å². The molecule has 0 aromatic carbocycles. The predicted molar refractivity (Wildman–Crippen MR) is 83.8 cm³/mol. The van der Waals surface area contributed by atoms with Crippen LogP contribution in [0.4, 0.5) is 0 Å². The van der Waals surface area contributed by atoms with Crippen LogP contribution in [-0.2, 0) is 23.6 Å². The normalized spacial score (nSPS) is 10.7. The van der Waals surface area contributed by atoms with E-state index >= 15 is 0 Å². The number of hydrogen-bond acceptors (Lipinski definition) is 6. The Kier molecular flexibility index (Phi) is 11.0. The maximum absolute atomic E-state index is 11.8. The van der Waals surface area contributed by atoms with Crippen LogP contribution in [0.25, 0.3) is 0 Å². The van der Waals surface area contributed by atoms with Gasteiger partial charge in [-0.3, -0.25) is 0 Å². The Morgan fingerprint density at radius 3 is 1.36 bits per heavy atom. The van der Waals surface area contributed by atoms with E-state index < -0.39 is 37.5 Å². The van der Waals surface area contributed by atoms with Crippen LogP contribution in [0.3, 0.4) is 0 Å². The van der Waals surface area contributed by atoms with Crippen LogP contribution in [-0.4, -0.2) is 37.5 Å². The monoisotopic (exact) mass is 422 g/mol. The Labute approximate surface area is 137 Å². The van der Waals surface area contributed by atoms with Crippen LogP contribution < -0.4 is 0 Å². The summed E-state index contributed by atoms with van der Waals surface area (Å²) in [5.41, 5.74) is 0. The SMILES string of the molecule is C=C[CH2][Sn]([O]C(=O)CCC)([O]C(=O)CCC)[O]C(=O)CCC. The number of hydrogen-bond donors (Lipinski definition) is 0. The number of carbonyl (C=O) groups excluding carboxylic acids is 3. The zero-order valence-electron chi connectivity index (χ0n) is 13.7. The van der Waals surface area contributed by atoms with E-state index in [1.54, 1.807) is 0 Å². The molecular weight excluding hydrogens is 395 g/mol. The van der Waals surface area contributed by atoms with Gasteiger partial charge in [0.15, 0.2) is 0 Å². The van der Waals surface area contributed by atoms with Gasteiger partial charge in [0.2, 0.25) is 0 Å². The van der Waals surface area contributed by atoms with E-state index in [0.29, 0.717) is 19.3 Å². The number of rotatable bonds is 11. The first-order valence-corrected chi connectivity index (χ1v) is 13.2. The molecule has 0 amide bonds. The number of carbonyl (C=O) groups is 3. The van der Waals surface area contributed by atoms with E-state index in [4.69, 9.17) is 9.22 Å². The summed E-state index contributed by atoms with van der Waals surface area (Å²) in [5, 5.41) is 0. The van der Waals surface area contributed by atoms with Crippen molar-refractivity contribution in [2.45, 2.75) is 63.7 Å². The van der Waals surface area contributed by atoms with Gasteiger partial charge in [0.25, 0.3) is 0 Å². The molecule has 0 heterocycles. The summed E-state index contributed by atoms with van der Waals surface area (Å²) < 4.78 is 16.2. The molecule has 0 fully saturated rings. The first kappa shape index (κ1) is 20.9. The van der Waals surface area contributed by atoms with Gasteiger partial charge in [-0.15, -0.1) is 0 Å². The second-order valence-electron chi connectivity index (χ2n) is 4.85. The molecule has 0 aliphatic carbocycles. The minimum absolute atomic E-state index is 0.0923. The zero-order valence-corrected chi connectivity index (χ0v) is 16.5. The molecule has 0 saturated heterocycles. The van der Waals surface area contributed by atoms with E-state index in [9.17, 15) is 14.4 Å². The van der Waals surface area contributed by atoms with Gasteiger partial charge in [0.05, 0.1) is 0 Å². The first-order chi connectivity index (χ1) is 10.4. The summed E-state index contributed by atoms with van der Waals surface area (Å²) >= 11 is -4.64. The molecule has 22 heavy (non-hydrogen) atoms. The van der Waals surface area contributed by atoms with Crippen LogP contribution in [0.15, 0.2) is 12.7 Å². The van der Waals surface area contributed by atoms with Crippen LogP contribution >= 0.6 is 0 Å². The standard InChI is InChI=1S/3C4H8O2.C3H5.Sn/c3*1-2-3-4(5)6;1-3-2;/h3*2-3H2,1H3,(H,5,6);3H,1-2H2;/q;;;;+3/p-3. The molecule has 0 rings (SSSR count). The van der Waals surface area contributed by atoms with Gasteiger partial charge in [0.1, 0.15) is 0 Å². The quantitative estimate of drug-likeness (QED) is 0.377. The van der Waals surface area contributed by atoms with Crippen molar-refractivity contribution in [3.05, 3.63) is 12.7 Å². The average Bonchev–Trinajstić information content (AvgIpc) is 2.39. The molecule has 0 spiro atoms. The van der Waals surface area contributed by atoms with E-state index in [0.717, 1.165) is 0 Å². The summed E-state index contributed by atoms with van der Waals surface area (Å²) in [6.45, 7) is 9.08. The molecule has 0 aromatic heterocycles. The maximum atomic E-state index is 11.8. The predicted octanol–water partition coefficient (Wildman–Crippen LogP) is 3.14. The second-order valence-corrected chi connectivity index (χ2v) is 11.7. The average molecular weight is 421 g/mol. The van der Waals surface area contributed by atoms with Crippen molar-refractivity contribution >= 4 is 37.5 Å². The molecule has 0 unspecified atom stereocenters. The molecule has 0 bridgehead atoms. The third-order valence-electron chi connectivity index (χ3n) is 2.56. The van der Waals surface area contributed by atoms with E-state index in [1.807, 2.05) is 20.8 Å². The Morgan fingerprint density at radius 2 is 1.14 bits per heavy atom. The van der Waals surface area contributed by atoms with Crippen molar-refractivity contribution < 1.29 is 23.6 Å². The fraction of sp³-hybridized carbons (Fsp3) is 0.667. The summed E-state index contributed by atoms with van der Waals surface area (Å²) in [7, 11) is 0. The minimum atomic E-state index is -4.64. The van der Waals surface area contributed by atoms with Gasteiger partial charge in [-0.2, -0.15) is 0 Å². The molecule has 0 aromatic rings. The summed E-state index contributed by atoms with van der Waals surface area (Å²) in [6, 6.07) is 0. The van der Waals surface area contributed by atoms with Crippen molar-refractivity contribution in [1.82, 2.24) is 0 Å². The van der Waals surface area contributed by atoms with Crippen molar-refractivity contribution in [2.75, 3.05) is 0 Å². The molecule has 0 N–H and O–H groups in total. The fourth-order valence-electron chi connectivity index (χ4n) is 1.65. The van der Waals surface area contributed by atoms with Crippen molar-refractivity contribution in [3.63, 3.8) is 0 Å². The Morgan fingerprint density at radius 1 is 0.818 bits per heavy atom. The van der Waals surface area contributed by atoms with Gasteiger partial charge in [-0.25, -0.2) is 0 Å². The van der Waals surface area contributed by atoms with Crippen LogP contribution in [0.1, 0.15) is 59.3 Å². The van der Waals surface area contributed by atoms with Gasteiger partial charge in [0, 0.05) is 0 Å². The molecule has 0 radical (unpaired) electrons. The Hall–Kier alpha value is -1.05. The van der Waals surface area contributed by atoms with Crippen LogP contribution in [0.5, 0.6) is 0 Å². The topological polar surface area (TPSA) is 78.9 Å². The summed E-state index contributed by atoms with van der Waals surface area (Å²) in [6.07, 6.45) is 3.82. The summed E-state index contributed by atoms with van der Waals surface area (Å²) in [5.74, 6) is -1.52. The first-order valence-electron chi connectivity index (χ1n) is 7.69. The van der Waals surface area contributed by atoms with Crippen molar-refractivity contribution in [1.29, 1.82) is 0 Å². The van der Waals surface area contributed by atoms with Crippen LogP contribution in [0, 0.1) is 0 Å². The molecule has 7 heteroatoms. The van der Waals surface area contributed by atoms with E-state index in [2.05, 4.69) is 6.58 Å². The van der Waals surface area contributed by atoms with Gasteiger partial charge < -0.3 is 0 Å². The molecule has 0 saturated carbocycles. The van der Waals surface area contributed by atoms with Crippen molar-refractivity contribution in [2.24, 2.45) is 0 Å². The number of allylic oxidation sites excluding steroid dienone is 1. The molecule has 0 aliphatic rings. The fourth-order valence-corrected chi connectivity index (χ4v) is 7.57. The van der Waals surface area contributed by atoms with E-state index in [1.165, 1.54) is 6.08 Å². The molecular formula is C15H26O6Sn. The Bertz CT molecular complexity index is 343. The molecule has 126 valence electrons. The summed E-state index contributed by atoms with van der Waals surface area (Å²) in [4.78, 5) is 35.5. The molecule has 6 nitrogen and oxygen atoms in total. The zero-order chi connectivity index (χ0) is 17.0. The second kappa shape index (κ2) is 11.5. The Balaban J connectivity index is 5.22. The van der Waals surface area contributed by atoms with Crippen LogP contribution in [0.2, 0.25) is 4.44 Å².